The van der Waals surface area contributed by atoms with Gasteiger partial charge in [-0.15, -0.1) is 0 Å². The van der Waals surface area contributed by atoms with E-state index in [1.807, 2.05) is 22.9 Å². The first-order chi connectivity index (χ1) is 14.0. The van der Waals surface area contributed by atoms with Gasteiger partial charge >= 0.3 is 0 Å². The monoisotopic (exact) mass is 416 g/mol. The lowest BCUT2D eigenvalue weighted by Gasteiger charge is -2.35. The van der Waals surface area contributed by atoms with Crippen LogP contribution < -0.4 is 5.32 Å². The number of carbonyl (C=O) groups is 1. The van der Waals surface area contributed by atoms with Gasteiger partial charge in [0.15, 0.2) is 5.16 Å². The second-order valence-corrected chi connectivity index (χ2v) is 8.83. The zero-order chi connectivity index (χ0) is 20.6. The number of aromatic nitrogens is 2. The largest absolute Gasteiger partial charge is 0.379 e. The third-order valence-electron chi connectivity index (χ3n) is 5.15. The van der Waals surface area contributed by atoms with Crippen LogP contribution in [0.2, 0.25) is 0 Å². The molecule has 1 aromatic carbocycles. The van der Waals surface area contributed by atoms with E-state index in [1.54, 1.807) is 6.20 Å². The van der Waals surface area contributed by atoms with Crippen molar-refractivity contribution in [3.8, 4) is 5.69 Å². The van der Waals surface area contributed by atoms with Gasteiger partial charge in [-0.05, 0) is 30.9 Å². The lowest BCUT2D eigenvalue weighted by Crippen LogP contribution is -2.49. The molecule has 1 atom stereocenters. The minimum atomic E-state index is 0.0522. The Bertz CT molecular complexity index is 787. The molecule has 6 nitrogen and oxygen atoms in total. The van der Waals surface area contributed by atoms with Gasteiger partial charge in [-0.3, -0.25) is 14.3 Å². The summed E-state index contributed by atoms with van der Waals surface area (Å²) in [5, 5.41) is 3.97. The summed E-state index contributed by atoms with van der Waals surface area (Å²) in [5.41, 5.74) is 2.27. The lowest BCUT2D eigenvalue weighted by molar-refractivity contribution is -0.118. The number of nitrogens with one attached hydrogen (secondary N) is 1. The molecule has 1 aromatic heterocycles. The maximum Gasteiger partial charge on any atom is 0.230 e. The fraction of sp³-hybridized carbons (Fsp3) is 0.545. The van der Waals surface area contributed by atoms with Crippen molar-refractivity contribution in [3.05, 3.63) is 42.2 Å². The van der Waals surface area contributed by atoms with Gasteiger partial charge in [-0.1, -0.05) is 43.8 Å². The minimum Gasteiger partial charge on any atom is -0.379 e. The Morgan fingerprint density at radius 2 is 2.03 bits per heavy atom. The van der Waals surface area contributed by atoms with Crippen LogP contribution in [0.1, 0.15) is 25.8 Å². The van der Waals surface area contributed by atoms with E-state index in [2.05, 4.69) is 48.1 Å². The predicted octanol–water partition coefficient (Wildman–Crippen LogP) is 3.14. The summed E-state index contributed by atoms with van der Waals surface area (Å²) in [7, 11) is 0. The highest BCUT2D eigenvalue weighted by molar-refractivity contribution is 7.99. The van der Waals surface area contributed by atoms with Crippen molar-refractivity contribution in [3.63, 3.8) is 0 Å². The fourth-order valence-electron chi connectivity index (χ4n) is 3.67. The van der Waals surface area contributed by atoms with Crippen molar-refractivity contribution in [2.75, 3.05) is 38.6 Å². The fourth-order valence-corrected chi connectivity index (χ4v) is 4.47. The van der Waals surface area contributed by atoms with Gasteiger partial charge in [0.1, 0.15) is 0 Å². The number of hydrogen-bond donors (Lipinski definition) is 1. The summed E-state index contributed by atoms with van der Waals surface area (Å²) < 4.78 is 7.52. The van der Waals surface area contributed by atoms with E-state index in [0.29, 0.717) is 24.3 Å². The average Bonchev–Trinajstić information content (AvgIpc) is 3.18. The molecule has 1 unspecified atom stereocenters. The highest BCUT2D eigenvalue weighted by Gasteiger charge is 2.22. The Kier molecular flexibility index (Phi) is 8.15. The molecular weight excluding hydrogens is 384 g/mol. The van der Waals surface area contributed by atoms with E-state index in [1.165, 1.54) is 17.3 Å². The van der Waals surface area contributed by atoms with Gasteiger partial charge in [-0.2, -0.15) is 0 Å². The number of imidazole rings is 1. The highest BCUT2D eigenvalue weighted by atomic mass is 32.2. The third kappa shape index (κ3) is 6.32. The summed E-state index contributed by atoms with van der Waals surface area (Å²) >= 11 is 1.47. The summed E-state index contributed by atoms with van der Waals surface area (Å²) in [6.07, 6.45) is 4.80. The van der Waals surface area contributed by atoms with Gasteiger partial charge in [0, 0.05) is 38.1 Å². The number of nitrogens with zero attached hydrogens (tertiary/aromatic N) is 3. The van der Waals surface area contributed by atoms with Gasteiger partial charge in [0.05, 0.1) is 24.7 Å². The molecule has 1 fully saturated rings. The van der Waals surface area contributed by atoms with Gasteiger partial charge in [0.2, 0.25) is 5.91 Å². The van der Waals surface area contributed by atoms with Crippen LogP contribution in [0.25, 0.3) is 5.69 Å². The number of thioether (sulfide) groups is 1. The topological polar surface area (TPSA) is 59.4 Å². The molecular formula is C22H32N4O2S. The standard InChI is InChI=1S/C22H32N4O2S/c1-17(2)14-19(25-10-12-28-13-11-25)15-24-21(27)16-29-22-23-8-9-26(22)20-7-5-4-6-18(20)3/h4-9,17,19H,10-16H2,1-3H3,(H,24,27). The zero-order valence-electron chi connectivity index (χ0n) is 17.6. The number of benzene rings is 1. The molecule has 0 saturated carbocycles. The van der Waals surface area contributed by atoms with Crippen LogP contribution in [0.3, 0.4) is 0 Å². The average molecular weight is 417 g/mol. The van der Waals surface area contributed by atoms with Crippen molar-refractivity contribution in [2.45, 2.75) is 38.4 Å². The molecule has 1 aliphatic rings. The first-order valence-electron chi connectivity index (χ1n) is 10.3. The quantitative estimate of drug-likeness (QED) is 0.637. The number of aryl methyl sites for hydroxylation is 1. The maximum atomic E-state index is 12.5. The summed E-state index contributed by atoms with van der Waals surface area (Å²) in [5.74, 6) is 1.01. The van der Waals surface area contributed by atoms with Crippen molar-refractivity contribution >= 4 is 17.7 Å². The molecule has 1 saturated heterocycles. The number of amides is 1. The van der Waals surface area contributed by atoms with E-state index in [-0.39, 0.29) is 5.91 Å². The SMILES string of the molecule is Cc1ccccc1-n1ccnc1SCC(=O)NCC(CC(C)C)N1CCOCC1. The summed E-state index contributed by atoms with van der Waals surface area (Å²) in [6, 6.07) is 8.56. The Morgan fingerprint density at radius 1 is 1.28 bits per heavy atom. The summed E-state index contributed by atoms with van der Waals surface area (Å²) in [6.45, 7) is 10.7. The second kappa shape index (κ2) is 10.8. The number of carbonyl (C=O) groups excluding carboxylic acids is 1. The van der Waals surface area contributed by atoms with Gasteiger partial charge < -0.3 is 10.1 Å². The highest BCUT2D eigenvalue weighted by Crippen LogP contribution is 2.22. The van der Waals surface area contributed by atoms with Crippen molar-refractivity contribution in [2.24, 2.45) is 5.92 Å². The van der Waals surface area contributed by atoms with Crippen LogP contribution in [0.4, 0.5) is 0 Å². The number of rotatable bonds is 9. The van der Waals surface area contributed by atoms with Crippen LogP contribution >= 0.6 is 11.8 Å². The molecule has 1 N–H and O–H groups in total. The van der Waals surface area contributed by atoms with Crippen LogP contribution in [-0.4, -0.2) is 65.0 Å². The lowest BCUT2D eigenvalue weighted by atomic mass is 10.0. The first-order valence-corrected chi connectivity index (χ1v) is 11.3. The molecule has 7 heteroatoms. The predicted molar refractivity (Wildman–Crippen MR) is 118 cm³/mol. The number of morpholine rings is 1. The Hall–Kier alpha value is -1.83. The van der Waals surface area contributed by atoms with Crippen LogP contribution in [0.5, 0.6) is 0 Å². The first kappa shape index (κ1) is 21.9. The van der Waals surface area contributed by atoms with Crippen LogP contribution in [0, 0.1) is 12.8 Å². The molecule has 0 aliphatic carbocycles. The third-order valence-corrected chi connectivity index (χ3v) is 6.12. The summed E-state index contributed by atoms with van der Waals surface area (Å²) in [4.78, 5) is 19.4. The molecule has 1 aliphatic heterocycles. The molecule has 29 heavy (non-hydrogen) atoms. The Morgan fingerprint density at radius 3 is 2.76 bits per heavy atom. The number of para-hydroxylation sites is 1. The molecule has 2 aromatic rings. The van der Waals surface area contributed by atoms with Crippen molar-refractivity contribution < 1.29 is 9.53 Å². The molecule has 0 radical (unpaired) electrons. The van der Waals surface area contributed by atoms with Crippen LogP contribution in [0.15, 0.2) is 41.8 Å². The van der Waals surface area contributed by atoms with Gasteiger partial charge in [-0.25, -0.2) is 4.98 Å². The van der Waals surface area contributed by atoms with E-state index in [0.717, 1.165) is 43.6 Å². The van der Waals surface area contributed by atoms with Crippen molar-refractivity contribution in [1.82, 2.24) is 19.8 Å². The number of ether oxygens (including phenoxy) is 1. The zero-order valence-corrected chi connectivity index (χ0v) is 18.5. The van der Waals surface area contributed by atoms with E-state index < -0.39 is 0 Å². The molecule has 0 spiro atoms. The molecule has 2 heterocycles. The smallest absolute Gasteiger partial charge is 0.230 e. The minimum absolute atomic E-state index is 0.0522. The second-order valence-electron chi connectivity index (χ2n) is 7.89. The van der Waals surface area contributed by atoms with Crippen LogP contribution in [-0.2, 0) is 9.53 Å². The normalized spacial score (nSPS) is 16.1. The van der Waals surface area contributed by atoms with Gasteiger partial charge in [0.25, 0.3) is 0 Å². The van der Waals surface area contributed by atoms with E-state index >= 15 is 0 Å². The maximum absolute atomic E-state index is 12.5. The Balaban J connectivity index is 1.53. The molecule has 3 rings (SSSR count). The van der Waals surface area contributed by atoms with E-state index in [9.17, 15) is 4.79 Å². The van der Waals surface area contributed by atoms with Crippen molar-refractivity contribution in [1.29, 1.82) is 0 Å². The number of hydrogen-bond acceptors (Lipinski definition) is 5. The molecule has 1 amide bonds. The van der Waals surface area contributed by atoms with E-state index in [4.69, 9.17) is 4.74 Å². The Labute approximate surface area is 178 Å². The molecule has 158 valence electrons. The molecule has 0 bridgehead atoms.